The van der Waals surface area contributed by atoms with E-state index in [2.05, 4.69) is 12.2 Å². The van der Waals surface area contributed by atoms with Crippen LogP contribution in [0.4, 0.5) is 5.69 Å². The quantitative estimate of drug-likeness (QED) is 0.779. The van der Waals surface area contributed by atoms with Crippen molar-refractivity contribution in [3.63, 3.8) is 0 Å². The molecule has 1 aromatic rings. The number of anilines is 1. The normalized spacial score (nSPS) is 11.4. The van der Waals surface area contributed by atoms with Crippen LogP contribution in [0.2, 0.25) is 0 Å². The van der Waals surface area contributed by atoms with E-state index >= 15 is 0 Å². The molecular formula is C12H19NO2S. The van der Waals surface area contributed by atoms with Crippen molar-refractivity contribution in [3.05, 3.63) is 24.3 Å². The zero-order valence-corrected chi connectivity index (χ0v) is 10.7. The van der Waals surface area contributed by atoms with Gasteiger partial charge in [-0.2, -0.15) is 0 Å². The van der Waals surface area contributed by atoms with Gasteiger partial charge in [0.05, 0.1) is 16.3 Å². The summed E-state index contributed by atoms with van der Waals surface area (Å²) in [6.07, 6.45) is 2.14. The lowest BCUT2D eigenvalue weighted by Crippen LogP contribution is -2.09. The predicted molar refractivity (Wildman–Crippen MR) is 67.6 cm³/mol. The molecule has 1 rings (SSSR count). The minimum atomic E-state index is -3.13. The van der Waals surface area contributed by atoms with Gasteiger partial charge in [0, 0.05) is 6.54 Å². The van der Waals surface area contributed by atoms with Crippen molar-refractivity contribution >= 4 is 15.5 Å². The van der Waals surface area contributed by atoms with Gasteiger partial charge in [0.25, 0.3) is 0 Å². The molecule has 0 atom stereocenters. The smallest absolute Gasteiger partial charge is 0.180 e. The van der Waals surface area contributed by atoms with Crippen molar-refractivity contribution < 1.29 is 8.42 Å². The van der Waals surface area contributed by atoms with E-state index in [0.717, 1.165) is 25.1 Å². The SMILES string of the molecule is CCCCNc1ccccc1S(=O)(=O)CC. The summed E-state index contributed by atoms with van der Waals surface area (Å²) in [4.78, 5) is 0.411. The molecule has 0 unspecified atom stereocenters. The first-order valence-electron chi connectivity index (χ1n) is 5.67. The van der Waals surface area contributed by atoms with Crippen LogP contribution in [0.1, 0.15) is 26.7 Å². The van der Waals surface area contributed by atoms with Crippen LogP contribution in [0.5, 0.6) is 0 Å². The first kappa shape index (κ1) is 13.0. The number of nitrogens with one attached hydrogen (secondary N) is 1. The zero-order valence-electron chi connectivity index (χ0n) is 9.86. The van der Waals surface area contributed by atoms with Crippen molar-refractivity contribution in [3.8, 4) is 0 Å². The van der Waals surface area contributed by atoms with E-state index in [4.69, 9.17) is 0 Å². The summed E-state index contributed by atoms with van der Waals surface area (Å²) in [6, 6.07) is 7.09. The van der Waals surface area contributed by atoms with Crippen molar-refractivity contribution in [1.82, 2.24) is 0 Å². The van der Waals surface area contributed by atoms with Crippen LogP contribution in [-0.4, -0.2) is 20.7 Å². The van der Waals surface area contributed by atoms with Crippen LogP contribution in [0, 0.1) is 0 Å². The highest BCUT2D eigenvalue weighted by Gasteiger charge is 2.15. The maximum absolute atomic E-state index is 11.8. The highest BCUT2D eigenvalue weighted by atomic mass is 32.2. The van der Waals surface area contributed by atoms with E-state index < -0.39 is 9.84 Å². The lowest BCUT2D eigenvalue weighted by atomic mass is 10.3. The molecule has 0 saturated carbocycles. The minimum absolute atomic E-state index is 0.138. The van der Waals surface area contributed by atoms with Gasteiger partial charge in [-0.15, -0.1) is 0 Å². The fourth-order valence-corrected chi connectivity index (χ4v) is 2.51. The molecule has 1 N–H and O–H groups in total. The molecule has 0 aliphatic rings. The summed E-state index contributed by atoms with van der Waals surface area (Å²) in [5, 5.41) is 3.18. The van der Waals surface area contributed by atoms with Crippen LogP contribution in [0.15, 0.2) is 29.2 Å². The summed E-state index contributed by atoms with van der Waals surface area (Å²) in [7, 11) is -3.13. The molecule has 0 radical (unpaired) electrons. The molecule has 0 fully saturated rings. The first-order chi connectivity index (χ1) is 7.61. The van der Waals surface area contributed by atoms with E-state index in [-0.39, 0.29) is 5.75 Å². The summed E-state index contributed by atoms with van der Waals surface area (Å²) >= 11 is 0. The number of para-hydroxylation sites is 1. The Labute approximate surface area is 97.8 Å². The minimum Gasteiger partial charge on any atom is -0.384 e. The second-order valence-corrected chi connectivity index (χ2v) is 5.93. The van der Waals surface area contributed by atoms with Gasteiger partial charge in [-0.3, -0.25) is 0 Å². The molecule has 4 heteroatoms. The zero-order chi connectivity index (χ0) is 12.0. The molecule has 3 nitrogen and oxygen atoms in total. The number of hydrogen-bond acceptors (Lipinski definition) is 3. The Bertz CT molecular complexity index is 426. The van der Waals surface area contributed by atoms with Crippen LogP contribution < -0.4 is 5.32 Å². The van der Waals surface area contributed by atoms with Gasteiger partial charge in [-0.05, 0) is 18.6 Å². The largest absolute Gasteiger partial charge is 0.384 e. The lowest BCUT2D eigenvalue weighted by molar-refractivity contribution is 0.597. The molecule has 0 aromatic heterocycles. The number of sulfone groups is 1. The first-order valence-corrected chi connectivity index (χ1v) is 7.32. The van der Waals surface area contributed by atoms with Gasteiger partial charge < -0.3 is 5.32 Å². The highest BCUT2D eigenvalue weighted by molar-refractivity contribution is 7.91. The number of hydrogen-bond donors (Lipinski definition) is 1. The number of rotatable bonds is 6. The predicted octanol–water partition coefficient (Wildman–Crippen LogP) is 2.69. The molecule has 90 valence electrons. The average Bonchev–Trinajstić information content (AvgIpc) is 2.30. The number of benzene rings is 1. The molecule has 0 heterocycles. The monoisotopic (exact) mass is 241 g/mol. The van der Waals surface area contributed by atoms with Gasteiger partial charge in [0.1, 0.15) is 0 Å². The molecule has 16 heavy (non-hydrogen) atoms. The summed E-state index contributed by atoms with van der Waals surface area (Å²) in [5.41, 5.74) is 0.720. The lowest BCUT2D eigenvalue weighted by Gasteiger charge is -2.11. The van der Waals surface area contributed by atoms with Gasteiger partial charge in [0.15, 0.2) is 9.84 Å². The van der Waals surface area contributed by atoms with Crippen molar-refractivity contribution in [2.75, 3.05) is 17.6 Å². The maximum atomic E-state index is 11.8. The van der Waals surface area contributed by atoms with Crippen molar-refractivity contribution in [1.29, 1.82) is 0 Å². The maximum Gasteiger partial charge on any atom is 0.180 e. The summed E-state index contributed by atoms with van der Waals surface area (Å²) < 4.78 is 23.6. The van der Waals surface area contributed by atoms with Gasteiger partial charge in [0.2, 0.25) is 0 Å². The average molecular weight is 241 g/mol. The second-order valence-electron chi connectivity index (χ2n) is 3.68. The fraction of sp³-hybridized carbons (Fsp3) is 0.500. The molecule has 0 saturated heterocycles. The van der Waals surface area contributed by atoms with Gasteiger partial charge >= 0.3 is 0 Å². The number of unbranched alkanes of at least 4 members (excludes halogenated alkanes) is 1. The topological polar surface area (TPSA) is 46.2 Å². The Balaban J connectivity index is 2.92. The third kappa shape index (κ3) is 3.23. The Morgan fingerprint density at radius 1 is 1.19 bits per heavy atom. The van der Waals surface area contributed by atoms with E-state index in [1.54, 1.807) is 19.1 Å². The Hall–Kier alpha value is -1.03. The van der Waals surface area contributed by atoms with Crippen molar-refractivity contribution in [2.45, 2.75) is 31.6 Å². The Morgan fingerprint density at radius 2 is 1.88 bits per heavy atom. The molecule has 0 bridgehead atoms. The molecular weight excluding hydrogens is 222 g/mol. The second kappa shape index (κ2) is 5.89. The summed E-state index contributed by atoms with van der Waals surface area (Å²) in [5.74, 6) is 0.138. The van der Waals surface area contributed by atoms with Crippen LogP contribution >= 0.6 is 0 Å². The fourth-order valence-electron chi connectivity index (χ4n) is 1.44. The van der Waals surface area contributed by atoms with E-state index in [1.807, 2.05) is 12.1 Å². The molecule has 0 aliphatic carbocycles. The Morgan fingerprint density at radius 3 is 2.50 bits per heavy atom. The van der Waals surface area contributed by atoms with Crippen molar-refractivity contribution in [2.24, 2.45) is 0 Å². The highest BCUT2D eigenvalue weighted by Crippen LogP contribution is 2.21. The third-order valence-electron chi connectivity index (χ3n) is 2.45. The third-order valence-corrected chi connectivity index (χ3v) is 4.23. The Kier molecular flexibility index (Phi) is 4.80. The van der Waals surface area contributed by atoms with Crippen LogP contribution in [0.25, 0.3) is 0 Å². The molecule has 0 spiro atoms. The summed E-state index contributed by atoms with van der Waals surface area (Å²) in [6.45, 7) is 4.58. The van der Waals surface area contributed by atoms with Gasteiger partial charge in [-0.1, -0.05) is 32.4 Å². The van der Waals surface area contributed by atoms with Crippen LogP contribution in [0.3, 0.4) is 0 Å². The van der Waals surface area contributed by atoms with Gasteiger partial charge in [-0.25, -0.2) is 8.42 Å². The van der Waals surface area contributed by atoms with E-state index in [0.29, 0.717) is 4.90 Å². The standard InChI is InChI=1S/C12H19NO2S/c1-3-5-10-13-11-8-6-7-9-12(11)16(14,15)4-2/h6-9,13H,3-5,10H2,1-2H3. The molecule has 1 aromatic carbocycles. The molecule has 0 aliphatic heterocycles. The van der Waals surface area contributed by atoms with E-state index in [9.17, 15) is 8.42 Å². The molecule has 0 amide bonds. The van der Waals surface area contributed by atoms with E-state index in [1.165, 1.54) is 0 Å². The van der Waals surface area contributed by atoms with Crippen LogP contribution in [-0.2, 0) is 9.84 Å².